The Morgan fingerprint density at radius 3 is 2.29 bits per heavy atom. The Hall–Kier alpha value is -2.65. The van der Waals surface area contributed by atoms with Gasteiger partial charge in [-0.1, -0.05) is 80.0 Å². The minimum Gasteiger partial charge on any atom is -0.460 e. The van der Waals surface area contributed by atoms with Crippen LogP contribution in [0.5, 0.6) is 0 Å². The van der Waals surface area contributed by atoms with E-state index in [0.717, 1.165) is 10.5 Å². The maximum atomic E-state index is 14.5. The molecule has 20 heteroatoms. The Balaban J connectivity index is 1.66. The number of amides is 1. The number of cyclic esters (lactones) is 1. The quantitative estimate of drug-likeness (QED) is 0.0787. The highest BCUT2D eigenvalue weighted by Gasteiger charge is 2.53. The number of aliphatic hydroxyl groups excluding tert-OH is 1. The highest BCUT2D eigenvalue weighted by molar-refractivity contribution is 8.00. The molecule has 0 aromatic rings. The Morgan fingerprint density at radius 1 is 0.920 bits per heavy atom. The average Bonchev–Trinajstić information content (AvgIpc) is 3.88. The van der Waals surface area contributed by atoms with Crippen LogP contribution < -0.4 is 0 Å². The largest absolute Gasteiger partial charge is 0.460 e. The monoisotopic (exact) mass is 1110 g/mol. The highest BCUT2D eigenvalue weighted by Crippen LogP contribution is 2.39. The molecule has 0 radical (unpaired) electrons. The first-order chi connectivity index (χ1) is 35.5. The van der Waals surface area contributed by atoms with Crippen LogP contribution in [0.4, 0.5) is 0 Å². The lowest BCUT2D eigenvalue weighted by Gasteiger charge is -2.41. The van der Waals surface area contributed by atoms with E-state index < -0.39 is 107 Å². The molecule has 3 fully saturated rings. The van der Waals surface area contributed by atoms with E-state index in [1.54, 1.807) is 54.9 Å². The average molecular weight is 1110 g/mol. The zero-order chi connectivity index (χ0) is 55.8. The Labute approximate surface area is 452 Å². The molecule has 2 saturated heterocycles. The number of allylic oxidation sites excluding steroid dienone is 6. The third-order valence-corrected chi connectivity index (χ3v) is 16.8. The summed E-state index contributed by atoms with van der Waals surface area (Å²) in [6.07, 6.45) is 9.71. The van der Waals surface area contributed by atoms with E-state index in [-0.39, 0.29) is 64.5 Å². The van der Waals surface area contributed by atoms with Crippen LogP contribution in [0, 0.1) is 40.9 Å². The molecular weight excluding hydrogens is 1020 g/mol. The molecule has 0 aromatic carbocycles. The normalized spacial score (nSPS) is 37.4. The van der Waals surface area contributed by atoms with Gasteiger partial charge in [0.05, 0.1) is 31.5 Å². The van der Waals surface area contributed by atoms with Gasteiger partial charge in [0.15, 0.2) is 5.78 Å². The van der Waals surface area contributed by atoms with Gasteiger partial charge in [-0.25, -0.2) is 4.79 Å². The predicted octanol–water partition coefficient (Wildman–Crippen LogP) is 7.55. The van der Waals surface area contributed by atoms with Crippen molar-refractivity contribution in [1.29, 1.82) is 0 Å². The molecule has 0 aromatic heterocycles. The minimum atomic E-state index is -2.46. The molecule has 1 amide bonds. The minimum absolute atomic E-state index is 0.000372. The van der Waals surface area contributed by atoms with Crippen LogP contribution >= 0.6 is 26.9 Å². The van der Waals surface area contributed by atoms with Crippen LogP contribution in [0.15, 0.2) is 47.6 Å². The first-order valence-corrected chi connectivity index (χ1v) is 29.8. The molecule has 19 atom stereocenters. The van der Waals surface area contributed by atoms with Crippen LogP contribution in [0.2, 0.25) is 0 Å². The number of rotatable bonds is 13. The number of fused-ring (bicyclic) bond motifs is 3. The smallest absolute Gasteiger partial charge is 0.329 e. The lowest BCUT2D eigenvalue weighted by atomic mass is 9.78. The summed E-state index contributed by atoms with van der Waals surface area (Å²) in [5.41, 5.74) is 0.178. The molecule has 3 heterocycles. The summed E-state index contributed by atoms with van der Waals surface area (Å²) in [6, 6.07) is -1.18. The summed E-state index contributed by atoms with van der Waals surface area (Å²) >= 11 is 0. The second-order valence-corrected chi connectivity index (χ2v) is 23.5. The molecule has 0 spiro atoms. The number of methoxy groups -OCH3 is 3. The fourth-order valence-corrected chi connectivity index (χ4v) is 11.9. The molecule has 17 nitrogen and oxygen atoms in total. The number of esters is 2. The summed E-state index contributed by atoms with van der Waals surface area (Å²) in [6.45, 7) is 14.5. The molecule has 2 bridgehead atoms. The number of carbonyl (C=O) groups excluding carboxylic acids is 6. The van der Waals surface area contributed by atoms with Crippen molar-refractivity contribution in [1.82, 2.24) is 4.90 Å². The summed E-state index contributed by atoms with van der Waals surface area (Å²) in [7, 11) is 9.24. The molecule has 2 N–H and O–H groups in total. The number of nitrogens with zero attached hydrogens (tertiary/aromatic N) is 1. The number of ketones is 3. The van der Waals surface area contributed by atoms with Gasteiger partial charge in [-0.05, 0) is 107 Å². The second kappa shape index (κ2) is 30.6. The Bertz CT molecular complexity index is 2070. The van der Waals surface area contributed by atoms with Crippen molar-refractivity contribution in [3.05, 3.63) is 47.6 Å². The van der Waals surface area contributed by atoms with Crippen molar-refractivity contribution in [3.8, 4) is 0 Å². The molecule has 4 unspecified atom stereocenters. The van der Waals surface area contributed by atoms with Gasteiger partial charge < -0.3 is 52.6 Å². The molecular formula is C55H88NO16P3. The number of carbonyl (C=O) groups is 6. The number of ether oxygens (including phenoxy) is 6. The van der Waals surface area contributed by atoms with Gasteiger partial charge in [0, 0.05) is 76.4 Å². The van der Waals surface area contributed by atoms with Crippen LogP contribution in [0.3, 0.4) is 0 Å². The van der Waals surface area contributed by atoms with Crippen molar-refractivity contribution in [3.63, 3.8) is 0 Å². The Kier molecular flexibility index (Phi) is 26.5. The molecule has 75 heavy (non-hydrogen) atoms. The standard InChI is InChI=1S/C55H88NO16P3/c1-32-16-13-12-14-17-33(2)44(65-9)28-40-21-19-38(7)55(64,72-40)50(60)51(61)56-23-15-18-41(56)52(62)70-45(29-42(57)34(3)25-37(6)48(59)49(67-11)47(58)36(5)24-32)35(4)26-39-20-22-43(46(27-39)66-10)71-53(63)54(8,30-68-73)31-69-75-74/h12-14,16-17,25,32,34-36,38-41,43-46,48-49,59,64,75H,15,18-24,26-31,73-74H2,1-11H3/b14-12+,16-13+,33-17+,37-25+/t32-,34-,35-,36-,38-,39+,40+,41+,43-,44+,45+,46-,48-,49+,54?,55-/m1/s1. The van der Waals surface area contributed by atoms with E-state index >= 15 is 0 Å². The van der Waals surface area contributed by atoms with Crippen molar-refractivity contribution in [2.45, 2.75) is 181 Å². The maximum Gasteiger partial charge on any atom is 0.329 e. The summed E-state index contributed by atoms with van der Waals surface area (Å²) in [4.78, 5) is 85.8. The molecule has 424 valence electrons. The molecule has 1 aliphatic carbocycles. The third kappa shape index (κ3) is 17.7. The van der Waals surface area contributed by atoms with Crippen LogP contribution in [-0.4, -0.2) is 146 Å². The van der Waals surface area contributed by atoms with Crippen LogP contribution in [0.25, 0.3) is 0 Å². The van der Waals surface area contributed by atoms with E-state index in [1.165, 1.54) is 7.11 Å². The summed E-state index contributed by atoms with van der Waals surface area (Å²) in [5, 5.41) is 23.5. The van der Waals surface area contributed by atoms with Gasteiger partial charge in [-0.3, -0.25) is 24.0 Å². The van der Waals surface area contributed by atoms with E-state index in [4.69, 9.17) is 37.5 Å². The van der Waals surface area contributed by atoms with Crippen molar-refractivity contribution < 1.29 is 76.4 Å². The van der Waals surface area contributed by atoms with Crippen molar-refractivity contribution in [2.24, 2.45) is 40.9 Å². The second-order valence-electron chi connectivity index (χ2n) is 21.9. The van der Waals surface area contributed by atoms with E-state index in [9.17, 15) is 39.0 Å². The number of hydrogen-bond acceptors (Lipinski definition) is 16. The molecule has 1 saturated carbocycles. The topological polar surface area (TPSA) is 220 Å². The summed E-state index contributed by atoms with van der Waals surface area (Å²) in [5.74, 6) is -8.90. The third-order valence-electron chi connectivity index (χ3n) is 15.8. The van der Waals surface area contributed by atoms with Gasteiger partial charge >= 0.3 is 11.9 Å². The van der Waals surface area contributed by atoms with Gasteiger partial charge in [0.2, 0.25) is 5.79 Å². The van der Waals surface area contributed by atoms with E-state index in [1.807, 2.05) is 51.2 Å². The zero-order valence-corrected chi connectivity index (χ0v) is 49.5. The van der Waals surface area contributed by atoms with Crippen LogP contribution in [0.1, 0.15) is 126 Å². The lowest BCUT2D eigenvalue weighted by molar-refractivity contribution is -0.265. The zero-order valence-electron chi connectivity index (χ0n) is 46.2. The van der Waals surface area contributed by atoms with Gasteiger partial charge in [0.25, 0.3) is 11.7 Å². The van der Waals surface area contributed by atoms with Gasteiger partial charge in [-0.15, -0.1) is 0 Å². The lowest BCUT2D eigenvalue weighted by Crippen LogP contribution is -2.59. The van der Waals surface area contributed by atoms with Crippen molar-refractivity contribution >= 4 is 62.1 Å². The molecule has 4 rings (SSSR count). The van der Waals surface area contributed by atoms with Gasteiger partial charge in [-0.2, -0.15) is 0 Å². The maximum absolute atomic E-state index is 14.5. The SMILES string of the molecule is CO[C@H]1C[C@@H]2CC[C@@H](C)[C@@](O)(O2)C(=O)C(=O)N2CCC[C@H]2C(=O)O[C@H]([C@H](C)C[C@@H]2CC[C@@H](OC(=O)C(C)(COP)COPP)[C@H](OC)C2)CC(=O)[C@H](C)/C=C(\C)[C@@H](O)[C@@H](OC)C(=O)[C@H](C)C[C@H](C)/C=C/C=C/C=C/1C. The fraction of sp³-hybridized carbons (Fsp3) is 0.745. The Morgan fingerprint density at radius 2 is 1.64 bits per heavy atom. The first-order valence-electron chi connectivity index (χ1n) is 26.6. The van der Waals surface area contributed by atoms with E-state index in [0.29, 0.717) is 63.4 Å². The number of Topliss-reactive ketones (excluding diaryl/α,β-unsaturated/α-hetero) is 3. The number of aliphatic hydroxyl groups is 2. The first kappa shape index (κ1) is 64.9. The molecule has 3 aliphatic heterocycles. The van der Waals surface area contributed by atoms with Crippen LogP contribution in [-0.2, 0) is 66.2 Å². The number of hydrogen-bond donors (Lipinski definition) is 2. The van der Waals surface area contributed by atoms with E-state index in [2.05, 4.69) is 18.4 Å². The van der Waals surface area contributed by atoms with Gasteiger partial charge in [0.1, 0.15) is 41.7 Å². The summed E-state index contributed by atoms with van der Waals surface area (Å²) < 4.78 is 46.7. The molecule has 4 aliphatic rings. The highest BCUT2D eigenvalue weighted by atomic mass is 32.0. The van der Waals surface area contributed by atoms with Crippen molar-refractivity contribution in [2.75, 3.05) is 41.1 Å². The fourth-order valence-electron chi connectivity index (χ4n) is 10.9. The predicted molar refractivity (Wildman–Crippen MR) is 292 cm³/mol.